The van der Waals surface area contributed by atoms with E-state index in [2.05, 4.69) is 65.0 Å². The third-order valence-corrected chi connectivity index (χ3v) is 13.9. The van der Waals surface area contributed by atoms with Crippen LogP contribution in [-0.2, 0) is 36.8 Å². The van der Waals surface area contributed by atoms with Gasteiger partial charge < -0.3 is 44.4 Å². The Balaban J connectivity index is 0.933. The number of nitrogens with zero attached hydrogens (tertiary/aromatic N) is 4. The summed E-state index contributed by atoms with van der Waals surface area (Å²) in [5.41, 5.74) is 8.00. The first kappa shape index (κ1) is 42.3. The van der Waals surface area contributed by atoms with Crippen LogP contribution in [0.15, 0.2) is 53.7 Å². The minimum atomic E-state index is -0.717. The number of carbonyl (C=O) groups is 4. The molecule has 0 bridgehead atoms. The number of imidazole rings is 1. The Labute approximate surface area is 367 Å². The number of amides is 4. The number of fused-ring (bicyclic) bond motifs is 6. The molecule has 0 aliphatic carbocycles. The Kier molecular flexibility index (Phi) is 11.6. The van der Waals surface area contributed by atoms with Crippen molar-refractivity contribution in [1.29, 1.82) is 0 Å². The number of benzene rings is 3. The van der Waals surface area contributed by atoms with E-state index < -0.39 is 24.3 Å². The summed E-state index contributed by atoms with van der Waals surface area (Å²) in [7, 11) is 2.62. The largest absolute Gasteiger partial charge is 0.488 e. The van der Waals surface area contributed by atoms with Crippen molar-refractivity contribution in [2.75, 3.05) is 27.4 Å². The van der Waals surface area contributed by atoms with E-state index in [0.717, 1.165) is 87.1 Å². The number of likely N-dealkylation sites (tertiary alicyclic amines) is 2. The summed E-state index contributed by atoms with van der Waals surface area (Å²) in [5, 5.41) is 7.77. The molecule has 3 saturated heterocycles. The Hall–Kier alpha value is -5.96. The smallest absolute Gasteiger partial charge is 0.407 e. The van der Waals surface area contributed by atoms with E-state index in [9.17, 15) is 19.2 Å². The second-order valence-corrected chi connectivity index (χ2v) is 18.1. The van der Waals surface area contributed by atoms with E-state index >= 15 is 0 Å². The number of aliphatic imine (C=N–C) groups is 1. The molecule has 5 aliphatic heterocycles. The average Bonchev–Trinajstić information content (AvgIpc) is 4.12. The molecule has 15 heteroatoms. The van der Waals surface area contributed by atoms with Crippen molar-refractivity contribution in [3.63, 3.8) is 0 Å². The van der Waals surface area contributed by atoms with Crippen LogP contribution in [0.5, 0.6) is 5.75 Å². The van der Waals surface area contributed by atoms with Gasteiger partial charge in [-0.25, -0.2) is 14.6 Å². The molecule has 63 heavy (non-hydrogen) atoms. The van der Waals surface area contributed by atoms with Crippen LogP contribution >= 0.6 is 0 Å². The number of nitrogens with one attached hydrogen (secondary N) is 3. The van der Waals surface area contributed by atoms with E-state index in [1.54, 1.807) is 0 Å². The monoisotopic (exact) mass is 859 g/mol. The van der Waals surface area contributed by atoms with Crippen LogP contribution in [0.25, 0.3) is 33.2 Å². The van der Waals surface area contributed by atoms with Crippen molar-refractivity contribution in [2.24, 2.45) is 16.8 Å². The van der Waals surface area contributed by atoms with E-state index in [4.69, 9.17) is 28.9 Å². The molecule has 0 radical (unpaired) electrons. The summed E-state index contributed by atoms with van der Waals surface area (Å²) in [5.74, 6) is 1.13. The van der Waals surface area contributed by atoms with Gasteiger partial charge in [0.2, 0.25) is 11.8 Å². The van der Waals surface area contributed by atoms with E-state index in [1.165, 1.54) is 14.2 Å². The highest BCUT2D eigenvalue weighted by Gasteiger charge is 2.45. The molecule has 9 rings (SSSR count). The number of H-pyrrole nitrogens is 1. The minimum absolute atomic E-state index is 0.00163. The first-order valence-corrected chi connectivity index (χ1v) is 22.3. The number of aromatic amines is 1. The van der Waals surface area contributed by atoms with E-state index in [-0.39, 0.29) is 47.8 Å². The van der Waals surface area contributed by atoms with Crippen molar-refractivity contribution in [2.45, 2.75) is 115 Å². The van der Waals surface area contributed by atoms with Gasteiger partial charge in [0.25, 0.3) is 0 Å². The molecule has 0 saturated carbocycles. The van der Waals surface area contributed by atoms with Gasteiger partial charge in [-0.1, -0.05) is 32.0 Å². The normalized spacial score (nSPS) is 22.7. The van der Waals surface area contributed by atoms with Crippen LogP contribution in [0.3, 0.4) is 0 Å². The van der Waals surface area contributed by atoms with Gasteiger partial charge in [0.05, 0.1) is 43.9 Å². The fraction of sp³-hybridized carbons (Fsp3) is 0.500. The Bertz CT molecular complexity index is 2480. The standard InChI is InChI=1S/C48H57N7O8/c1-25(2)42(52-47(58)60-5)45(56)55-27(4)8-14-40(55)44-49-23-38(51-44)30-9-11-32-31(19-30)24-63-41-22-33-29(20-35(32)41)10-12-36-34(33)21-37(50-36)39-13-7-26(3)54(39)46(57)43(53-48(59)61-6)28-15-17-62-18-16-28/h9-12,19-20,22-23,25-28,39-40,42-43H,7-8,13-18,21,24H2,1-6H3,(H,49,51)(H,52,58)(H,53,59)/t26-,27-,39-,40-,42-,43-/m0/s1. The van der Waals surface area contributed by atoms with Crippen LogP contribution < -0.4 is 15.4 Å². The number of rotatable bonds is 9. The molecule has 3 fully saturated rings. The molecule has 0 unspecified atom stereocenters. The zero-order chi connectivity index (χ0) is 44.1. The molecule has 4 amide bonds. The summed E-state index contributed by atoms with van der Waals surface area (Å²) < 4.78 is 21.8. The second-order valence-electron chi connectivity index (χ2n) is 18.1. The molecule has 4 aromatic rings. The van der Waals surface area contributed by atoms with Crippen LogP contribution in [0, 0.1) is 11.8 Å². The Morgan fingerprint density at radius 3 is 2.27 bits per heavy atom. The number of methoxy groups -OCH3 is 2. The zero-order valence-electron chi connectivity index (χ0n) is 36.9. The number of ether oxygens (including phenoxy) is 4. The lowest BCUT2D eigenvalue weighted by Gasteiger charge is -2.36. The number of carbonyl (C=O) groups excluding carboxylic acids is 4. The molecule has 15 nitrogen and oxygen atoms in total. The number of aromatic nitrogens is 2. The van der Waals surface area contributed by atoms with Crippen molar-refractivity contribution in [1.82, 2.24) is 30.4 Å². The lowest BCUT2D eigenvalue weighted by atomic mass is 9.90. The van der Waals surface area contributed by atoms with Crippen LogP contribution in [0.4, 0.5) is 15.3 Å². The van der Waals surface area contributed by atoms with Gasteiger partial charge in [0.1, 0.15) is 30.3 Å². The van der Waals surface area contributed by atoms with Crippen LogP contribution in [0.1, 0.15) is 89.2 Å². The quantitative estimate of drug-likeness (QED) is 0.155. The molecule has 3 aromatic carbocycles. The number of alkyl carbamates (subject to hydrolysis) is 2. The number of hydrogen-bond donors (Lipinski definition) is 3. The maximum Gasteiger partial charge on any atom is 0.407 e. The summed E-state index contributed by atoms with van der Waals surface area (Å²) >= 11 is 0. The summed E-state index contributed by atoms with van der Waals surface area (Å²) in [6.07, 6.45) is 5.84. The summed E-state index contributed by atoms with van der Waals surface area (Å²) in [4.78, 5) is 70.1. The topological polar surface area (TPSA) is 177 Å². The predicted octanol–water partition coefficient (Wildman–Crippen LogP) is 7.38. The second kappa shape index (κ2) is 17.3. The van der Waals surface area contributed by atoms with E-state index in [0.29, 0.717) is 44.9 Å². The molecule has 1 aromatic heterocycles. The predicted molar refractivity (Wildman–Crippen MR) is 237 cm³/mol. The Morgan fingerprint density at radius 2 is 1.54 bits per heavy atom. The van der Waals surface area contributed by atoms with Gasteiger partial charge in [0.15, 0.2) is 0 Å². The van der Waals surface area contributed by atoms with Gasteiger partial charge in [-0.3, -0.25) is 14.6 Å². The van der Waals surface area contributed by atoms with Gasteiger partial charge in [-0.2, -0.15) is 0 Å². The fourth-order valence-corrected chi connectivity index (χ4v) is 10.5. The third-order valence-electron chi connectivity index (χ3n) is 13.9. The summed E-state index contributed by atoms with van der Waals surface area (Å²) in [6, 6.07) is 13.1. The van der Waals surface area contributed by atoms with Gasteiger partial charge in [-0.05, 0) is 121 Å². The van der Waals surface area contributed by atoms with Gasteiger partial charge >= 0.3 is 12.2 Å². The maximum atomic E-state index is 14.4. The first-order chi connectivity index (χ1) is 30.4. The number of hydrogen-bond acceptors (Lipinski definition) is 10. The van der Waals surface area contributed by atoms with Crippen molar-refractivity contribution < 1.29 is 38.1 Å². The van der Waals surface area contributed by atoms with Gasteiger partial charge in [-0.15, -0.1) is 0 Å². The molecule has 3 N–H and O–H groups in total. The van der Waals surface area contributed by atoms with Crippen molar-refractivity contribution in [3.8, 4) is 28.1 Å². The lowest BCUT2D eigenvalue weighted by molar-refractivity contribution is -0.138. The average molecular weight is 860 g/mol. The fourth-order valence-electron chi connectivity index (χ4n) is 10.5. The highest BCUT2D eigenvalue weighted by Crippen LogP contribution is 2.45. The molecule has 6 heterocycles. The summed E-state index contributed by atoms with van der Waals surface area (Å²) in [6.45, 7) is 9.45. The van der Waals surface area contributed by atoms with Crippen LogP contribution in [0.2, 0.25) is 0 Å². The maximum absolute atomic E-state index is 14.4. The third kappa shape index (κ3) is 7.89. The highest BCUT2D eigenvalue weighted by atomic mass is 16.5. The molecule has 5 aliphatic rings. The minimum Gasteiger partial charge on any atom is -0.488 e. The zero-order valence-corrected chi connectivity index (χ0v) is 36.9. The molecule has 332 valence electrons. The Morgan fingerprint density at radius 1 is 0.825 bits per heavy atom. The van der Waals surface area contributed by atoms with Crippen molar-refractivity contribution in [3.05, 3.63) is 65.6 Å². The molecule has 0 spiro atoms. The van der Waals surface area contributed by atoms with E-state index in [1.807, 2.05) is 36.8 Å². The van der Waals surface area contributed by atoms with Gasteiger partial charge in [0, 0.05) is 43.0 Å². The highest BCUT2D eigenvalue weighted by molar-refractivity contribution is 6.06. The molecular weight excluding hydrogens is 803 g/mol. The van der Waals surface area contributed by atoms with Crippen molar-refractivity contribution >= 4 is 46.2 Å². The first-order valence-electron chi connectivity index (χ1n) is 22.3. The van der Waals surface area contributed by atoms with Crippen LogP contribution in [-0.4, -0.2) is 107 Å². The molecular formula is C48H57N7O8. The SMILES string of the molecule is COC(=O)N[C@H](C(=O)N1[C@@H](C)CC[C@H]1c1ncc(-c2ccc3c(c2)COc2cc4c5c(ccc4cc2-3)N=C([C@@H]2CC[C@H](C)N2C(=O)[C@@H](NC(=O)OC)C2CCOCC2)C5)[nH]1)C(C)C. The lowest BCUT2D eigenvalue weighted by Crippen LogP contribution is -2.57. The molecule has 6 atom stereocenters.